The molecule has 4 nitrogen and oxygen atoms in total. The van der Waals surface area contributed by atoms with E-state index in [2.05, 4.69) is 17.3 Å². The second kappa shape index (κ2) is 7.29. The number of likely N-dealkylation sites (tertiary alicyclic amines) is 1. The van der Waals surface area contributed by atoms with E-state index in [0.29, 0.717) is 12.5 Å². The zero-order valence-corrected chi connectivity index (χ0v) is 12.4. The highest BCUT2D eigenvalue weighted by molar-refractivity contribution is 5.76. The number of benzene rings is 1. The van der Waals surface area contributed by atoms with Crippen LogP contribution in [0.5, 0.6) is 5.75 Å². The van der Waals surface area contributed by atoms with Gasteiger partial charge in [-0.2, -0.15) is 0 Å². The van der Waals surface area contributed by atoms with Crippen LogP contribution in [0.25, 0.3) is 0 Å². The van der Waals surface area contributed by atoms with Crippen LogP contribution < -0.4 is 10.1 Å². The van der Waals surface area contributed by atoms with E-state index >= 15 is 0 Å². The smallest absolute Gasteiger partial charge is 0.220 e. The molecule has 1 amide bonds. The van der Waals surface area contributed by atoms with E-state index in [1.807, 2.05) is 24.3 Å². The third-order valence-corrected chi connectivity index (χ3v) is 3.90. The standard InChI is InChI=1S/C16H24N2O2/c1-18-11-9-14(10-12-18)17-16(19)8-7-13-5-3-4-6-15(13)20-2/h3-6,14H,7-12H2,1-2H3,(H,17,19). The molecule has 1 aliphatic rings. The fraction of sp³-hybridized carbons (Fsp3) is 0.562. The van der Waals surface area contributed by atoms with Crippen molar-refractivity contribution in [2.45, 2.75) is 31.7 Å². The molecular formula is C16H24N2O2. The van der Waals surface area contributed by atoms with E-state index in [9.17, 15) is 4.79 Å². The first kappa shape index (κ1) is 14.9. The number of nitrogens with zero attached hydrogens (tertiary/aromatic N) is 1. The molecule has 110 valence electrons. The SMILES string of the molecule is COc1ccccc1CCC(=O)NC1CCN(C)CC1. The molecule has 1 aromatic carbocycles. The Morgan fingerprint density at radius 3 is 2.75 bits per heavy atom. The van der Waals surface area contributed by atoms with Crippen molar-refractivity contribution in [3.05, 3.63) is 29.8 Å². The molecule has 0 atom stereocenters. The summed E-state index contributed by atoms with van der Waals surface area (Å²) in [5, 5.41) is 3.14. The van der Waals surface area contributed by atoms with E-state index in [0.717, 1.165) is 43.7 Å². The largest absolute Gasteiger partial charge is 0.496 e. The summed E-state index contributed by atoms with van der Waals surface area (Å²) in [5.74, 6) is 1.00. The van der Waals surface area contributed by atoms with Crippen LogP contribution in [-0.2, 0) is 11.2 Å². The van der Waals surface area contributed by atoms with Crippen molar-refractivity contribution in [3.8, 4) is 5.75 Å². The lowest BCUT2D eigenvalue weighted by atomic mass is 10.0. The summed E-state index contributed by atoms with van der Waals surface area (Å²) < 4.78 is 5.30. The van der Waals surface area contributed by atoms with E-state index in [1.165, 1.54) is 0 Å². The van der Waals surface area contributed by atoms with Gasteiger partial charge in [0.05, 0.1) is 7.11 Å². The fourth-order valence-electron chi connectivity index (χ4n) is 2.61. The van der Waals surface area contributed by atoms with Crippen molar-refractivity contribution in [1.29, 1.82) is 0 Å². The van der Waals surface area contributed by atoms with Crippen LogP contribution in [0, 0.1) is 0 Å². The first-order valence-corrected chi connectivity index (χ1v) is 7.29. The molecule has 0 aliphatic carbocycles. The Kier molecular flexibility index (Phi) is 5.41. The average molecular weight is 276 g/mol. The van der Waals surface area contributed by atoms with Crippen LogP contribution >= 0.6 is 0 Å². The maximum absolute atomic E-state index is 12.0. The number of piperidine rings is 1. The highest BCUT2D eigenvalue weighted by atomic mass is 16.5. The number of carbonyl (C=O) groups excluding carboxylic acids is 1. The van der Waals surface area contributed by atoms with Gasteiger partial charge in [-0.1, -0.05) is 18.2 Å². The van der Waals surface area contributed by atoms with Crippen molar-refractivity contribution < 1.29 is 9.53 Å². The molecule has 0 bridgehead atoms. The van der Waals surface area contributed by atoms with Crippen LogP contribution in [0.15, 0.2) is 24.3 Å². The molecule has 1 heterocycles. The Morgan fingerprint density at radius 1 is 1.35 bits per heavy atom. The molecule has 4 heteroatoms. The number of methoxy groups -OCH3 is 1. The Bertz CT molecular complexity index is 440. The zero-order valence-electron chi connectivity index (χ0n) is 12.4. The van der Waals surface area contributed by atoms with Crippen LogP contribution in [-0.4, -0.2) is 44.1 Å². The third kappa shape index (κ3) is 4.23. The number of aryl methyl sites for hydroxylation is 1. The summed E-state index contributed by atoms with van der Waals surface area (Å²) in [4.78, 5) is 14.3. The van der Waals surface area contributed by atoms with Crippen molar-refractivity contribution >= 4 is 5.91 Å². The fourth-order valence-corrected chi connectivity index (χ4v) is 2.61. The van der Waals surface area contributed by atoms with Crippen molar-refractivity contribution in [1.82, 2.24) is 10.2 Å². The van der Waals surface area contributed by atoms with Crippen LogP contribution in [0.3, 0.4) is 0 Å². The third-order valence-electron chi connectivity index (χ3n) is 3.90. The summed E-state index contributed by atoms with van der Waals surface area (Å²) in [7, 11) is 3.79. The summed E-state index contributed by atoms with van der Waals surface area (Å²) in [5.41, 5.74) is 1.09. The van der Waals surface area contributed by atoms with Gasteiger partial charge in [0.15, 0.2) is 0 Å². The average Bonchev–Trinajstić information content (AvgIpc) is 2.48. The lowest BCUT2D eigenvalue weighted by Gasteiger charge is -2.29. The molecule has 1 aromatic rings. The number of ether oxygens (including phenoxy) is 1. The number of amides is 1. The number of carbonyl (C=O) groups is 1. The second-order valence-corrected chi connectivity index (χ2v) is 5.46. The maximum atomic E-state index is 12.0. The molecular weight excluding hydrogens is 252 g/mol. The molecule has 0 saturated carbocycles. The van der Waals surface area contributed by atoms with Gasteiger partial charge in [-0.05, 0) is 51.0 Å². The van der Waals surface area contributed by atoms with Gasteiger partial charge in [-0.3, -0.25) is 4.79 Å². The first-order chi connectivity index (χ1) is 9.69. The van der Waals surface area contributed by atoms with E-state index in [-0.39, 0.29) is 5.91 Å². The quantitative estimate of drug-likeness (QED) is 0.892. The molecule has 0 radical (unpaired) electrons. The van der Waals surface area contributed by atoms with Crippen LogP contribution in [0.1, 0.15) is 24.8 Å². The number of hydrogen-bond acceptors (Lipinski definition) is 3. The van der Waals surface area contributed by atoms with Crippen LogP contribution in [0.4, 0.5) is 0 Å². The predicted molar refractivity (Wildman–Crippen MR) is 80.0 cm³/mol. The summed E-state index contributed by atoms with van der Waals surface area (Å²) in [6.45, 7) is 2.13. The molecule has 0 aromatic heterocycles. The molecule has 1 saturated heterocycles. The zero-order chi connectivity index (χ0) is 14.4. The number of nitrogens with one attached hydrogen (secondary N) is 1. The molecule has 1 fully saturated rings. The highest BCUT2D eigenvalue weighted by Gasteiger charge is 2.18. The van der Waals surface area contributed by atoms with Gasteiger partial charge in [0.25, 0.3) is 0 Å². The minimum atomic E-state index is 0.144. The lowest BCUT2D eigenvalue weighted by Crippen LogP contribution is -2.43. The topological polar surface area (TPSA) is 41.6 Å². The monoisotopic (exact) mass is 276 g/mol. The summed E-state index contributed by atoms with van der Waals surface area (Å²) in [6, 6.07) is 8.22. The molecule has 2 rings (SSSR count). The Balaban J connectivity index is 1.77. The van der Waals surface area contributed by atoms with Crippen molar-refractivity contribution in [3.63, 3.8) is 0 Å². The molecule has 0 unspecified atom stereocenters. The Labute approximate surface area is 121 Å². The summed E-state index contributed by atoms with van der Waals surface area (Å²) in [6.07, 6.45) is 3.35. The lowest BCUT2D eigenvalue weighted by molar-refractivity contribution is -0.122. The molecule has 1 aliphatic heterocycles. The number of para-hydroxylation sites is 1. The number of hydrogen-bond donors (Lipinski definition) is 1. The normalized spacial score (nSPS) is 16.9. The molecule has 1 N–H and O–H groups in total. The van der Waals surface area contributed by atoms with Gasteiger partial charge in [0, 0.05) is 12.5 Å². The van der Waals surface area contributed by atoms with Gasteiger partial charge >= 0.3 is 0 Å². The number of rotatable bonds is 5. The Morgan fingerprint density at radius 2 is 2.05 bits per heavy atom. The maximum Gasteiger partial charge on any atom is 0.220 e. The second-order valence-electron chi connectivity index (χ2n) is 5.46. The Hall–Kier alpha value is -1.55. The molecule has 20 heavy (non-hydrogen) atoms. The van der Waals surface area contributed by atoms with E-state index in [4.69, 9.17) is 4.74 Å². The van der Waals surface area contributed by atoms with Gasteiger partial charge < -0.3 is 15.0 Å². The van der Waals surface area contributed by atoms with Gasteiger partial charge in [0.2, 0.25) is 5.91 Å². The summed E-state index contributed by atoms with van der Waals surface area (Å²) >= 11 is 0. The minimum Gasteiger partial charge on any atom is -0.496 e. The van der Waals surface area contributed by atoms with Gasteiger partial charge in [-0.25, -0.2) is 0 Å². The van der Waals surface area contributed by atoms with E-state index in [1.54, 1.807) is 7.11 Å². The predicted octanol–water partition coefficient (Wildman–Crippen LogP) is 1.84. The highest BCUT2D eigenvalue weighted by Crippen LogP contribution is 2.18. The molecule has 0 spiro atoms. The minimum absolute atomic E-state index is 0.144. The van der Waals surface area contributed by atoms with Crippen LogP contribution in [0.2, 0.25) is 0 Å². The van der Waals surface area contributed by atoms with E-state index < -0.39 is 0 Å². The first-order valence-electron chi connectivity index (χ1n) is 7.29. The van der Waals surface area contributed by atoms with Gasteiger partial charge in [0.1, 0.15) is 5.75 Å². The van der Waals surface area contributed by atoms with Crippen molar-refractivity contribution in [2.75, 3.05) is 27.2 Å². The van der Waals surface area contributed by atoms with Gasteiger partial charge in [-0.15, -0.1) is 0 Å². The van der Waals surface area contributed by atoms with Crippen molar-refractivity contribution in [2.24, 2.45) is 0 Å².